The molecular formula is C29H33N3O3. The van der Waals surface area contributed by atoms with Gasteiger partial charge in [-0.2, -0.15) is 0 Å². The Kier molecular flexibility index (Phi) is 7.85. The number of hydrogen-bond acceptors (Lipinski definition) is 4. The Hall–Kier alpha value is -3.61. The van der Waals surface area contributed by atoms with Gasteiger partial charge in [-0.15, -0.1) is 0 Å². The summed E-state index contributed by atoms with van der Waals surface area (Å²) in [5.74, 6) is 0.268. The quantitative estimate of drug-likeness (QED) is 0.319. The minimum Gasteiger partial charge on any atom is -0.493 e. The Morgan fingerprint density at radius 2 is 1.83 bits per heavy atom. The maximum absolute atomic E-state index is 13.4. The number of aliphatic hydroxyl groups excluding tert-OH is 1. The summed E-state index contributed by atoms with van der Waals surface area (Å²) in [6.45, 7) is 2.86. The van der Waals surface area contributed by atoms with Gasteiger partial charge in [-0.3, -0.25) is 4.79 Å². The lowest BCUT2D eigenvalue weighted by Crippen LogP contribution is -2.39. The molecule has 4 N–H and O–H groups in total. The van der Waals surface area contributed by atoms with Crippen LogP contribution in [0.3, 0.4) is 0 Å². The van der Waals surface area contributed by atoms with E-state index in [0.717, 1.165) is 39.6 Å². The van der Waals surface area contributed by atoms with E-state index in [1.165, 1.54) is 0 Å². The van der Waals surface area contributed by atoms with Crippen molar-refractivity contribution in [1.82, 2.24) is 9.88 Å². The zero-order valence-corrected chi connectivity index (χ0v) is 20.3. The van der Waals surface area contributed by atoms with Crippen LogP contribution in [-0.4, -0.2) is 34.8 Å². The molecule has 6 nitrogen and oxygen atoms in total. The number of aromatic nitrogens is 1. The molecule has 35 heavy (non-hydrogen) atoms. The maximum atomic E-state index is 13.4. The first kappa shape index (κ1) is 24.5. The number of carbonyl (C=O) groups is 1. The Balaban J connectivity index is 1.59. The van der Waals surface area contributed by atoms with Crippen molar-refractivity contribution < 1.29 is 14.6 Å². The monoisotopic (exact) mass is 471 g/mol. The van der Waals surface area contributed by atoms with Crippen molar-refractivity contribution in [1.29, 1.82) is 0 Å². The molecule has 6 heteroatoms. The molecule has 0 fully saturated rings. The largest absolute Gasteiger partial charge is 0.493 e. The van der Waals surface area contributed by atoms with Crippen molar-refractivity contribution in [2.24, 2.45) is 12.8 Å². The van der Waals surface area contributed by atoms with Crippen LogP contribution in [0.25, 0.3) is 22.0 Å². The molecule has 0 saturated heterocycles. The van der Waals surface area contributed by atoms with Crippen LogP contribution in [0.5, 0.6) is 5.75 Å². The highest BCUT2D eigenvalue weighted by Gasteiger charge is 2.20. The van der Waals surface area contributed by atoms with Gasteiger partial charge in [-0.1, -0.05) is 55.5 Å². The minimum atomic E-state index is -0.431. The number of carbonyl (C=O) groups excluding carboxylic acids is 1. The first-order chi connectivity index (χ1) is 17.0. The number of rotatable bonds is 10. The highest BCUT2D eigenvalue weighted by Crippen LogP contribution is 2.28. The van der Waals surface area contributed by atoms with Crippen LogP contribution in [0.4, 0.5) is 0 Å². The van der Waals surface area contributed by atoms with E-state index >= 15 is 0 Å². The first-order valence-corrected chi connectivity index (χ1v) is 12.0. The van der Waals surface area contributed by atoms with Gasteiger partial charge in [0, 0.05) is 30.7 Å². The van der Waals surface area contributed by atoms with E-state index in [1.54, 1.807) is 0 Å². The van der Waals surface area contributed by atoms with Crippen LogP contribution in [0.2, 0.25) is 0 Å². The van der Waals surface area contributed by atoms with E-state index in [2.05, 4.69) is 28.2 Å². The average Bonchev–Trinajstić information content (AvgIpc) is 3.22. The topological polar surface area (TPSA) is 89.5 Å². The highest BCUT2D eigenvalue weighted by molar-refractivity contribution is 5.98. The van der Waals surface area contributed by atoms with E-state index < -0.39 is 6.04 Å². The molecule has 0 saturated carbocycles. The van der Waals surface area contributed by atoms with Gasteiger partial charge in [0.15, 0.2) is 0 Å². The lowest BCUT2D eigenvalue weighted by atomic mass is 10.00. The van der Waals surface area contributed by atoms with Crippen LogP contribution < -0.4 is 15.8 Å². The Morgan fingerprint density at radius 1 is 1.09 bits per heavy atom. The van der Waals surface area contributed by atoms with Gasteiger partial charge in [0.1, 0.15) is 5.75 Å². The normalized spacial score (nSPS) is 12.0. The molecule has 3 aromatic carbocycles. The molecule has 0 unspecified atom stereocenters. The Bertz CT molecular complexity index is 1290. The average molecular weight is 472 g/mol. The van der Waals surface area contributed by atoms with Gasteiger partial charge < -0.3 is 25.5 Å². The molecule has 1 heterocycles. The highest BCUT2D eigenvalue weighted by atomic mass is 16.5. The molecule has 1 atom stereocenters. The molecule has 0 aliphatic heterocycles. The summed E-state index contributed by atoms with van der Waals surface area (Å²) in [7, 11) is 2.00. The van der Waals surface area contributed by atoms with Crippen LogP contribution in [0.15, 0.2) is 72.9 Å². The summed E-state index contributed by atoms with van der Waals surface area (Å²) < 4.78 is 7.95. The standard InChI is InChI=1S/C29H33N3O3/c1-3-14-35-28-13-12-22(21-10-8-20(17-30)9-11-21)16-26(28)29(34)31-24(19-33)15-23-18-32(2)27-7-5-4-6-25(23)27/h4-13,16,18,24,33H,3,14-15,17,19,30H2,1-2H3,(H,31,34)/t24-/m1/s1. The number of nitrogens with one attached hydrogen (secondary N) is 1. The number of amides is 1. The number of benzene rings is 3. The summed E-state index contributed by atoms with van der Waals surface area (Å²) in [4.78, 5) is 13.4. The van der Waals surface area contributed by atoms with E-state index in [-0.39, 0.29) is 12.5 Å². The van der Waals surface area contributed by atoms with Crippen LogP contribution in [-0.2, 0) is 20.0 Å². The van der Waals surface area contributed by atoms with Gasteiger partial charge in [-0.25, -0.2) is 0 Å². The molecule has 0 aliphatic rings. The molecule has 0 radical (unpaired) electrons. The lowest BCUT2D eigenvalue weighted by molar-refractivity contribution is 0.0912. The SMILES string of the molecule is CCCOc1ccc(-c2ccc(CN)cc2)cc1C(=O)N[C@@H](CO)Cc1cn(C)c2ccccc12. The second-order valence-electron chi connectivity index (χ2n) is 8.80. The molecule has 1 amide bonds. The predicted octanol–water partition coefficient (Wildman–Crippen LogP) is 4.43. The predicted molar refractivity (Wildman–Crippen MR) is 141 cm³/mol. The zero-order chi connectivity index (χ0) is 24.8. The summed E-state index contributed by atoms with van der Waals surface area (Å²) in [6.07, 6.45) is 3.42. The van der Waals surface area contributed by atoms with Crippen molar-refractivity contribution in [3.05, 3.63) is 89.6 Å². The number of para-hydroxylation sites is 1. The number of hydrogen-bond donors (Lipinski definition) is 3. The molecule has 1 aromatic heterocycles. The van der Waals surface area contributed by atoms with Crippen molar-refractivity contribution in [2.45, 2.75) is 32.4 Å². The summed E-state index contributed by atoms with van der Waals surface area (Å²) in [5, 5.41) is 14.2. The molecular weight excluding hydrogens is 438 g/mol. The van der Waals surface area contributed by atoms with Crippen molar-refractivity contribution in [3.8, 4) is 16.9 Å². The van der Waals surface area contributed by atoms with E-state index in [1.807, 2.05) is 68.6 Å². The third-order valence-electron chi connectivity index (χ3n) is 6.21. The van der Waals surface area contributed by atoms with E-state index in [0.29, 0.717) is 30.9 Å². The number of nitrogens with zero attached hydrogens (tertiary/aromatic N) is 1. The molecule has 4 rings (SSSR count). The van der Waals surface area contributed by atoms with Crippen LogP contribution in [0.1, 0.15) is 34.8 Å². The Labute approximate surface area is 206 Å². The third kappa shape index (κ3) is 5.56. The number of aryl methyl sites for hydroxylation is 1. The summed E-state index contributed by atoms with van der Waals surface area (Å²) >= 11 is 0. The second kappa shape index (κ2) is 11.2. The second-order valence-corrected chi connectivity index (χ2v) is 8.80. The smallest absolute Gasteiger partial charge is 0.255 e. The third-order valence-corrected chi connectivity index (χ3v) is 6.21. The van der Waals surface area contributed by atoms with Crippen molar-refractivity contribution in [3.63, 3.8) is 0 Å². The summed E-state index contributed by atoms with van der Waals surface area (Å²) in [5.41, 5.74) is 11.3. The van der Waals surface area contributed by atoms with Crippen molar-refractivity contribution >= 4 is 16.8 Å². The summed E-state index contributed by atoms with van der Waals surface area (Å²) in [6, 6.07) is 21.3. The van der Waals surface area contributed by atoms with Crippen LogP contribution >= 0.6 is 0 Å². The number of nitrogens with two attached hydrogens (primary N) is 1. The fourth-order valence-corrected chi connectivity index (χ4v) is 4.34. The molecule has 0 aliphatic carbocycles. The first-order valence-electron chi connectivity index (χ1n) is 12.0. The van der Waals surface area contributed by atoms with Gasteiger partial charge >= 0.3 is 0 Å². The Morgan fingerprint density at radius 3 is 2.54 bits per heavy atom. The number of ether oxygens (including phenoxy) is 1. The zero-order valence-electron chi connectivity index (χ0n) is 20.3. The van der Waals surface area contributed by atoms with E-state index in [9.17, 15) is 9.90 Å². The number of aliphatic hydroxyl groups is 1. The van der Waals surface area contributed by atoms with Crippen LogP contribution in [0, 0.1) is 0 Å². The lowest BCUT2D eigenvalue weighted by Gasteiger charge is -2.18. The van der Waals surface area contributed by atoms with Crippen molar-refractivity contribution in [2.75, 3.05) is 13.2 Å². The fraction of sp³-hybridized carbons (Fsp3) is 0.276. The minimum absolute atomic E-state index is 0.166. The molecule has 182 valence electrons. The van der Waals surface area contributed by atoms with Gasteiger partial charge in [0.05, 0.1) is 24.8 Å². The molecule has 0 spiro atoms. The van der Waals surface area contributed by atoms with Gasteiger partial charge in [0.2, 0.25) is 0 Å². The molecule has 0 bridgehead atoms. The maximum Gasteiger partial charge on any atom is 0.255 e. The van der Waals surface area contributed by atoms with E-state index in [4.69, 9.17) is 10.5 Å². The van der Waals surface area contributed by atoms with Gasteiger partial charge in [-0.05, 0) is 53.3 Å². The molecule has 4 aromatic rings. The fourth-order valence-electron chi connectivity index (χ4n) is 4.34. The van der Waals surface area contributed by atoms with Gasteiger partial charge in [0.25, 0.3) is 5.91 Å². The number of fused-ring (bicyclic) bond motifs is 1.